The summed E-state index contributed by atoms with van der Waals surface area (Å²) in [6.07, 6.45) is 0.561. The van der Waals surface area contributed by atoms with Gasteiger partial charge in [0.2, 0.25) is 6.61 Å². The van der Waals surface area contributed by atoms with E-state index in [1.165, 1.54) is 7.11 Å². The Morgan fingerprint density at radius 1 is 1.57 bits per heavy atom. The minimum Gasteiger partial charge on any atom is -0.396 e. The molecule has 1 atom stereocenters. The first-order chi connectivity index (χ1) is 6.70. The van der Waals surface area contributed by atoms with E-state index in [0.29, 0.717) is 12.8 Å². The average Bonchev–Trinajstić information content (AvgIpc) is 2.16. The maximum atomic E-state index is 10.00. The number of hydrogen-bond acceptors (Lipinski definition) is 5. The van der Waals surface area contributed by atoms with Crippen LogP contribution in [0.25, 0.3) is 0 Å². The van der Waals surface area contributed by atoms with Crippen LogP contribution in [0.1, 0.15) is 12.8 Å². The summed E-state index contributed by atoms with van der Waals surface area (Å²) < 4.78 is 0. The van der Waals surface area contributed by atoms with Crippen molar-refractivity contribution in [2.75, 3.05) is 20.3 Å². The summed E-state index contributed by atoms with van der Waals surface area (Å²) in [6.45, 7) is -0.0904. The Bertz CT molecular complexity index is 147. The topological polar surface area (TPSA) is 105 Å². The molecule has 0 aromatic heterocycles. The summed E-state index contributed by atoms with van der Waals surface area (Å²) in [5, 5.41) is 16.1. The fourth-order valence-electron chi connectivity index (χ4n) is 0.791. The van der Waals surface area contributed by atoms with Gasteiger partial charge in [0.05, 0.1) is 7.11 Å². The molecule has 0 fully saturated rings. The smallest absolute Gasteiger partial charge is 0.396 e. The molecule has 0 aromatic carbocycles. The highest BCUT2D eigenvalue weighted by molar-refractivity contribution is 4.52. The lowest BCUT2D eigenvalue weighted by molar-refractivity contribution is -1.07. The van der Waals surface area contributed by atoms with Gasteiger partial charge in [-0.1, -0.05) is 5.64 Å². The zero-order chi connectivity index (χ0) is 10.8. The summed E-state index contributed by atoms with van der Waals surface area (Å²) in [5.41, 5.74) is 1.10. The number of nitrogens with zero attached hydrogens (tertiary/aromatic N) is 1. The quantitative estimate of drug-likeness (QED) is 0.393. The SMILES string of the molecule is CO[NH2+]OC(CCCO)CO[N+](=O)O. The van der Waals surface area contributed by atoms with E-state index in [0.717, 1.165) is 5.64 Å². The van der Waals surface area contributed by atoms with Gasteiger partial charge in [-0.05, 0) is 12.8 Å². The Kier molecular flexibility index (Phi) is 8.04. The molecular weight excluding hydrogens is 196 g/mol. The lowest BCUT2D eigenvalue weighted by Crippen LogP contribution is -2.83. The number of aliphatic hydroxyl groups is 1. The van der Waals surface area contributed by atoms with Gasteiger partial charge in [-0.25, -0.2) is 5.21 Å². The number of nitrogens with two attached hydrogens (primary N) is 1. The fraction of sp³-hybridized carbons (Fsp3) is 1.00. The molecule has 0 rings (SSSR count). The summed E-state index contributed by atoms with van der Waals surface area (Å²) in [5.74, 6) is 0. The molecule has 0 aliphatic carbocycles. The first kappa shape index (κ1) is 13.0. The first-order valence-electron chi connectivity index (χ1n) is 4.10. The van der Waals surface area contributed by atoms with Gasteiger partial charge in [0.15, 0.2) is 6.10 Å². The lowest BCUT2D eigenvalue weighted by atomic mass is 10.2. The molecule has 0 bridgehead atoms. The number of quaternary nitrogens is 1. The summed E-state index contributed by atoms with van der Waals surface area (Å²) in [6, 6.07) is 0. The van der Waals surface area contributed by atoms with Crippen molar-refractivity contribution in [1.29, 1.82) is 0 Å². The molecule has 0 heterocycles. The maximum absolute atomic E-state index is 10.00. The molecule has 0 saturated carbocycles. The highest BCUT2D eigenvalue weighted by atomic mass is 17.0. The minimum absolute atomic E-state index is 0.0209. The van der Waals surface area contributed by atoms with Crippen LogP contribution in [0.15, 0.2) is 0 Å². The standard InChI is InChI=1S/C6H16N2O6/c1-12-7-14-6(3-2-4-9)5-13-8(10)11/h6,9H,2-5,7H2,1H3,(H,10,11)/q+2. The normalized spacial score (nSPS) is 12.4. The van der Waals surface area contributed by atoms with Gasteiger partial charge in [0.25, 0.3) is 0 Å². The van der Waals surface area contributed by atoms with Gasteiger partial charge in [-0.2, -0.15) is 14.5 Å². The third kappa shape index (κ3) is 7.68. The van der Waals surface area contributed by atoms with Crippen molar-refractivity contribution in [2.24, 2.45) is 0 Å². The van der Waals surface area contributed by atoms with Crippen LogP contribution in [0.5, 0.6) is 0 Å². The molecule has 8 nitrogen and oxygen atoms in total. The molecule has 84 valence electrons. The molecule has 14 heavy (non-hydrogen) atoms. The Morgan fingerprint density at radius 2 is 2.29 bits per heavy atom. The molecule has 1 unspecified atom stereocenters. The number of hydrogen-bond donors (Lipinski definition) is 3. The molecule has 0 aromatic rings. The van der Waals surface area contributed by atoms with Crippen molar-refractivity contribution in [3.8, 4) is 0 Å². The second kappa shape index (κ2) is 8.63. The van der Waals surface area contributed by atoms with E-state index >= 15 is 0 Å². The van der Waals surface area contributed by atoms with E-state index in [1.807, 2.05) is 0 Å². The van der Waals surface area contributed by atoms with E-state index in [1.54, 1.807) is 0 Å². The molecule has 0 radical (unpaired) electrons. The van der Waals surface area contributed by atoms with Crippen LogP contribution in [0, 0.1) is 4.91 Å². The van der Waals surface area contributed by atoms with Gasteiger partial charge in [-0.3, -0.25) is 0 Å². The molecule has 0 saturated heterocycles. The van der Waals surface area contributed by atoms with Gasteiger partial charge in [0.1, 0.15) is 4.91 Å². The van der Waals surface area contributed by atoms with Crippen LogP contribution in [0.3, 0.4) is 0 Å². The van der Waals surface area contributed by atoms with Crippen LogP contribution in [-0.4, -0.2) is 41.8 Å². The maximum Gasteiger partial charge on any atom is 0.475 e. The second-order valence-electron chi connectivity index (χ2n) is 2.49. The number of rotatable bonds is 9. The van der Waals surface area contributed by atoms with E-state index < -0.39 is 11.2 Å². The third-order valence-corrected chi connectivity index (χ3v) is 1.40. The van der Waals surface area contributed by atoms with E-state index in [9.17, 15) is 4.91 Å². The summed E-state index contributed by atoms with van der Waals surface area (Å²) in [4.78, 5) is 23.8. The first-order valence-corrected chi connectivity index (χ1v) is 4.10. The van der Waals surface area contributed by atoms with Crippen LogP contribution in [0.4, 0.5) is 0 Å². The van der Waals surface area contributed by atoms with Crippen molar-refractivity contribution >= 4 is 0 Å². The largest absolute Gasteiger partial charge is 0.475 e. The zero-order valence-corrected chi connectivity index (χ0v) is 7.96. The fourth-order valence-corrected chi connectivity index (χ4v) is 0.791. The Labute approximate surface area is 80.8 Å². The van der Waals surface area contributed by atoms with Crippen molar-refractivity contribution in [3.05, 3.63) is 4.91 Å². The molecule has 0 amide bonds. The average molecular weight is 212 g/mol. The molecule has 8 heteroatoms. The van der Waals surface area contributed by atoms with Crippen molar-refractivity contribution in [3.63, 3.8) is 0 Å². The Morgan fingerprint density at radius 3 is 2.79 bits per heavy atom. The predicted molar refractivity (Wildman–Crippen MR) is 41.5 cm³/mol. The summed E-state index contributed by atoms with van der Waals surface area (Å²) >= 11 is 0. The molecular formula is C6H16N2O6+2. The van der Waals surface area contributed by atoms with Gasteiger partial charge < -0.3 is 5.11 Å². The third-order valence-electron chi connectivity index (χ3n) is 1.40. The van der Waals surface area contributed by atoms with Crippen molar-refractivity contribution in [2.45, 2.75) is 18.9 Å². The molecule has 0 spiro atoms. The predicted octanol–water partition coefficient (Wildman–Crippen LogP) is -1.72. The Balaban J connectivity index is 3.65. The second-order valence-corrected chi connectivity index (χ2v) is 2.49. The highest BCUT2D eigenvalue weighted by Crippen LogP contribution is 1.99. The van der Waals surface area contributed by atoms with Crippen LogP contribution < -0.4 is 5.64 Å². The Hall–Kier alpha value is -0.960. The van der Waals surface area contributed by atoms with Gasteiger partial charge in [-0.15, -0.1) is 0 Å². The minimum atomic E-state index is -0.637. The van der Waals surface area contributed by atoms with Crippen molar-refractivity contribution < 1.29 is 35.6 Å². The molecule has 0 aliphatic heterocycles. The molecule has 0 aliphatic rings. The lowest BCUT2D eigenvalue weighted by Gasteiger charge is -2.08. The number of aliphatic hydroxyl groups excluding tert-OH is 1. The van der Waals surface area contributed by atoms with E-state index in [4.69, 9.17) is 15.2 Å². The molecule has 4 N–H and O–H groups in total. The highest BCUT2D eigenvalue weighted by Gasteiger charge is 2.18. The van der Waals surface area contributed by atoms with Crippen LogP contribution in [0.2, 0.25) is 0 Å². The van der Waals surface area contributed by atoms with Crippen LogP contribution in [-0.2, 0) is 14.5 Å². The van der Waals surface area contributed by atoms with Gasteiger partial charge >= 0.3 is 5.09 Å². The van der Waals surface area contributed by atoms with E-state index in [2.05, 4.69) is 9.68 Å². The summed E-state index contributed by atoms with van der Waals surface area (Å²) in [7, 11) is 1.41. The monoisotopic (exact) mass is 212 g/mol. The van der Waals surface area contributed by atoms with Gasteiger partial charge in [0, 0.05) is 6.61 Å². The van der Waals surface area contributed by atoms with Crippen molar-refractivity contribution in [1.82, 2.24) is 0 Å². The van der Waals surface area contributed by atoms with Crippen LogP contribution >= 0.6 is 0 Å². The van der Waals surface area contributed by atoms with E-state index in [-0.39, 0.29) is 13.2 Å². The zero-order valence-electron chi connectivity index (χ0n) is 7.96.